The predicted molar refractivity (Wildman–Crippen MR) is 72.7 cm³/mol. The monoisotopic (exact) mass is 362 g/mol. The predicted octanol–water partition coefficient (Wildman–Crippen LogP) is 2.42. The van der Waals surface area contributed by atoms with Gasteiger partial charge >= 0.3 is 5.97 Å². The first-order chi connectivity index (χ1) is 9.29. The van der Waals surface area contributed by atoms with Crippen molar-refractivity contribution in [2.45, 2.75) is 4.90 Å². The first-order valence-corrected chi connectivity index (χ1v) is 7.47. The van der Waals surface area contributed by atoms with Crippen LogP contribution in [-0.2, 0) is 10.0 Å². The van der Waals surface area contributed by atoms with Gasteiger partial charge in [0.15, 0.2) is 0 Å². The van der Waals surface area contributed by atoms with Gasteiger partial charge in [-0.3, -0.25) is 4.72 Å². The number of rotatable bonds is 4. The molecule has 1 aromatic carbocycles. The Morgan fingerprint density at radius 2 is 2.05 bits per heavy atom. The molecule has 9 heteroatoms. The van der Waals surface area contributed by atoms with Gasteiger partial charge in [-0.2, -0.15) is 0 Å². The molecule has 0 spiro atoms. The highest BCUT2D eigenvalue weighted by molar-refractivity contribution is 9.10. The van der Waals surface area contributed by atoms with Gasteiger partial charge in [0.1, 0.15) is 16.4 Å². The number of nitrogens with one attached hydrogen (secondary N) is 2. The van der Waals surface area contributed by atoms with E-state index in [4.69, 9.17) is 5.11 Å². The van der Waals surface area contributed by atoms with Gasteiger partial charge in [-0.15, -0.1) is 0 Å². The number of benzene rings is 1. The van der Waals surface area contributed by atoms with Crippen LogP contribution in [-0.4, -0.2) is 24.5 Å². The quantitative estimate of drug-likeness (QED) is 0.777. The Hall–Kier alpha value is -1.87. The number of anilines is 1. The number of aromatic carboxylic acids is 1. The van der Waals surface area contributed by atoms with Crippen LogP contribution in [0.5, 0.6) is 0 Å². The van der Waals surface area contributed by atoms with Crippen LogP contribution in [0.2, 0.25) is 0 Å². The van der Waals surface area contributed by atoms with Gasteiger partial charge in [0, 0.05) is 10.7 Å². The van der Waals surface area contributed by atoms with Gasteiger partial charge in [-0.05, 0) is 40.2 Å². The maximum absolute atomic E-state index is 13.1. The van der Waals surface area contributed by atoms with Crippen molar-refractivity contribution in [2.24, 2.45) is 0 Å². The first kappa shape index (κ1) is 14.5. The molecule has 0 bridgehead atoms. The van der Waals surface area contributed by atoms with Gasteiger partial charge in [0.05, 0.1) is 5.69 Å². The third-order valence-corrected chi connectivity index (χ3v) is 4.41. The van der Waals surface area contributed by atoms with Crippen molar-refractivity contribution >= 4 is 37.6 Å². The molecule has 0 saturated carbocycles. The first-order valence-electron chi connectivity index (χ1n) is 5.19. The highest BCUT2D eigenvalue weighted by Crippen LogP contribution is 2.26. The Bertz CT molecular complexity index is 772. The standard InChI is InChI=1S/C11H8BrFN2O4S/c12-8-2-1-6(13)3-9(8)15-20(18,19)7-4-10(11(16)17)14-5-7/h1-5,14-15H,(H,16,17). The van der Waals surface area contributed by atoms with Gasteiger partial charge in [-0.1, -0.05) is 0 Å². The summed E-state index contributed by atoms with van der Waals surface area (Å²) in [5.41, 5.74) is -0.244. The number of hydrogen-bond acceptors (Lipinski definition) is 3. The van der Waals surface area contributed by atoms with Crippen molar-refractivity contribution in [3.8, 4) is 0 Å². The molecule has 2 rings (SSSR count). The molecule has 0 radical (unpaired) electrons. The fourth-order valence-electron chi connectivity index (χ4n) is 1.43. The highest BCUT2D eigenvalue weighted by atomic mass is 79.9. The Kier molecular flexibility index (Phi) is 3.82. The van der Waals surface area contributed by atoms with Crippen LogP contribution in [0.25, 0.3) is 0 Å². The molecule has 0 amide bonds. The zero-order valence-corrected chi connectivity index (χ0v) is 12.1. The third-order valence-electron chi connectivity index (χ3n) is 2.37. The lowest BCUT2D eigenvalue weighted by Crippen LogP contribution is -2.12. The van der Waals surface area contributed by atoms with Crippen LogP contribution < -0.4 is 4.72 Å². The lowest BCUT2D eigenvalue weighted by atomic mass is 10.3. The molecule has 0 aliphatic heterocycles. The third kappa shape index (κ3) is 2.99. The van der Waals surface area contributed by atoms with Crippen molar-refractivity contribution in [3.05, 3.63) is 46.4 Å². The Balaban J connectivity index is 2.35. The average molecular weight is 363 g/mol. The van der Waals surface area contributed by atoms with Crippen LogP contribution in [0.1, 0.15) is 10.5 Å². The van der Waals surface area contributed by atoms with E-state index in [9.17, 15) is 17.6 Å². The number of aromatic amines is 1. The Morgan fingerprint density at radius 1 is 1.35 bits per heavy atom. The van der Waals surface area contributed by atoms with E-state index in [1.165, 1.54) is 12.1 Å². The van der Waals surface area contributed by atoms with E-state index in [0.717, 1.165) is 18.3 Å². The fraction of sp³-hybridized carbons (Fsp3) is 0. The molecule has 106 valence electrons. The summed E-state index contributed by atoms with van der Waals surface area (Å²) in [4.78, 5) is 12.8. The van der Waals surface area contributed by atoms with E-state index in [0.29, 0.717) is 4.47 Å². The molecule has 0 unspecified atom stereocenters. The van der Waals surface area contributed by atoms with E-state index >= 15 is 0 Å². The lowest BCUT2D eigenvalue weighted by molar-refractivity contribution is 0.0691. The van der Waals surface area contributed by atoms with E-state index in [-0.39, 0.29) is 16.3 Å². The van der Waals surface area contributed by atoms with E-state index in [2.05, 4.69) is 25.6 Å². The lowest BCUT2D eigenvalue weighted by Gasteiger charge is -2.08. The minimum atomic E-state index is -4.01. The van der Waals surface area contributed by atoms with Gasteiger partial charge in [0.25, 0.3) is 10.0 Å². The summed E-state index contributed by atoms with van der Waals surface area (Å²) >= 11 is 3.09. The molecule has 2 aromatic rings. The summed E-state index contributed by atoms with van der Waals surface area (Å²) in [5.74, 6) is -1.88. The SMILES string of the molecule is O=C(O)c1cc(S(=O)(=O)Nc2cc(F)ccc2Br)c[nH]1. The van der Waals surface area contributed by atoms with Crippen molar-refractivity contribution in [3.63, 3.8) is 0 Å². The van der Waals surface area contributed by atoms with Crippen molar-refractivity contribution in [1.29, 1.82) is 0 Å². The van der Waals surface area contributed by atoms with E-state index < -0.39 is 21.8 Å². The molecular weight excluding hydrogens is 355 g/mol. The molecule has 20 heavy (non-hydrogen) atoms. The molecular formula is C11H8BrFN2O4S. The van der Waals surface area contributed by atoms with Crippen molar-refractivity contribution in [2.75, 3.05) is 4.72 Å². The van der Waals surface area contributed by atoms with Crippen LogP contribution in [0.15, 0.2) is 39.8 Å². The number of carbonyl (C=O) groups is 1. The van der Waals surface area contributed by atoms with Crippen molar-refractivity contribution < 1.29 is 22.7 Å². The normalized spacial score (nSPS) is 11.3. The second-order valence-electron chi connectivity index (χ2n) is 3.78. The van der Waals surface area contributed by atoms with E-state index in [1.807, 2.05) is 0 Å². The number of carboxylic acid groups (broad SMARTS) is 1. The largest absolute Gasteiger partial charge is 0.477 e. The van der Waals surface area contributed by atoms with Gasteiger partial charge in [-0.25, -0.2) is 17.6 Å². The van der Waals surface area contributed by atoms with Crippen LogP contribution in [0.4, 0.5) is 10.1 Å². The van der Waals surface area contributed by atoms with E-state index in [1.54, 1.807) is 0 Å². The molecule has 0 saturated heterocycles. The highest BCUT2D eigenvalue weighted by Gasteiger charge is 2.19. The summed E-state index contributed by atoms with van der Waals surface area (Å²) in [6, 6.07) is 4.50. The Morgan fingerprint density at radius 3 is 2.65 bits per heavy atom. The maximum Gasteiger partial charge on any atom is 0.352 e. The number of halogens is 2. The summed E-state index contributed by atoms with van der Waals surface area (Å²) in [6.45, 7) is 0. The second kappa shape index (κ2) is 5.25. The molecule has 1 aromatic heterocycles. The average Bonchev–Trinajstić information content (AvgIpc) is 2.84. The van der Waals surface area contributed by atoms with Crippen molar-refractivity contribution in [1.82, 2.24) is 4.98 Å². The molecule has 6 nitrogen and oxygen atoms in total. The number of aromatic nitrogens is 1. The maximum atomic E-state index is 13.1. The molecule has 3 N–H and O–H groups in total. The molecule has 0 aliphatic rings. The van der Waals surface area contributed by atoms with Gasteiger partial charge in [0.2, 0.25) is 0 Å². The van der Waals surface area contributed by atoms with Crippen LogP contribution in [0.3, 0.4) is 0 Å². The van der Waals surface area contributed by atoms with Crippen LogP contribution >= 0.6 is 15.9 Å². The zero-order valence-electron chi connectivity index (χ0n) is 9.72. The number of hydrogen-bond donors (Lipinski definition) is 3. The number of sulfonamides is 1. The second-order valence-corrected chi connectivity index (χ2v) is 6.32. The Labute approximate surface area is 121 Å². The summed E-state index contributed by atoms with van der Waals surface area (Å²) in [7, 11) is -4.01. The number of H-pyrrole nitrogens is 1. The summed E-state index contributed by atoms with van der Waals surface area (Å²) < 4.78 is 39.7. The molecule has 0 atom stereocenters. The zero-order chi connectivity index (χ0) is 14.9. The summed E-state index contributed by atoms with van der Waals surface area (Å²) in [6.07, 6.45) is 1.04. The smallest absolute Gasteiger partial charge is 0.352 e. The molecule has 0 fully saturated rings. The minimum absolute atomic E-state index is 0.0167. The molecule has 1 heterocycles. The minimum Gasteiger partial charge on any atom is -0.477 e. The van der Waals surface area contributed by atoms with Gasteiger partial charge < -0.3 is 10.1 Å². The molecule has 0 aliphatic carbocycles. The number of carboxylic acids is 1. The van der Waals surface area contributed by atoms with Crippen LogP contribution in [0, 0.1) is 5.82 Å². The fourth-order valence-corrected chi connectivity index (χ4v) is 2.97. The summed E-state index contributed by atoms with van der Waals surface area (Å²) in [5, 5.41) is 8.73. The topological polar surface area (TPSA) is 99.3 Å².